The molecule has 1 N–H and O–H groups in total. The molecule has 0 atom stereocenters. The summed E-state index contributed by atoms with van der Waals surface area (Å²) in [6, 6.07) is 14.1. The van der Waals surface area contributed by atoms with Crippen molar-refractivity contribution in [2.75, 3.05) is 12.4 Å². The maximum atomic E-state index is 12.3. The highest BCUT2D eigenvalue weighted by molar-refractivity contribution is 6.30. The monoisotopic (exact) mass is 355 g/mol. The smallest absolute Gasteiger partial charge is 0.259 e. The number of ether oxygens (including phenoxy) is 1. The number of anilines is 1. The molecule has 0 aromatic heterocycles. The normalized spacial score (nSPS) is 11.4. The average molecular weight is 356 g/mol. The van der Waals surface area contributed by atoms with Crippen LogP contribution in [0.3, 0.4) is 0 Å². The third kappa shape index (κ3) is 5.62. The van der Waals surface area contributed by atoms with Gasteiger partial charge in [0.25, 0.3) is 5.91 Å². The molecule has 2 aromatic carbocycles. The molecule has 0 saturated carbocycles. The first kappa shape index (κ1) is 18.5. The van der Waals surface area contributed by atoms with Crippen molar-refractivity contribution in [2.45, 2.75) is 6.92 Å². The van der Waals surface area contributed by atoms with E-state index in [1.165, 1.54) is 13.0 Å². The number of halogens is 1. The van der Waals surface area contributed by atoms with Gasteiger partial charge in [-0.25, -0.2) is 0 Å². The number of hydrogen-bond acceptors (Lipinski definition) is 3. The highest BCUT2D eigenvalue weighted by Crippen LogP contribution is 2.15. The van der Waals surface area contributed by atoms with Crippen LogP contribution in [0, 0.1) is 0 Å². The number of amides is 1. The Kier molecular flexibility index (Phi) is 6.54. The zero-order valence-electron chi connectivity index (χ0n) is 14.0. The summed E-state index contributed by atoms with van der Waals surface area (Å²) in [5.74, 6) is -0.0143. The van der Waals surface area contributed by atoms with Crippen LogP contribution in [0.15, 0.2) is 66.3 Å². The predicted octanol–water partition coefficient (Wildman–Crippen LogP) is 4.52. The number of nitrogens with one attached hydrogen (secondary N) is 1. The van der Waals surface area contributed by atoms with Crippen LogP contribution in [-0.4, -0.2) is 18.8 Å². The van der Waals surface area contributed by atoms with Crippen LogP contribution >= 0.6 is 11.6 Å². The zero-order valence-corrected chi connectivity index (χ0v) is 14.7. The van der Waals surface area contributed by atoms with Crippen molar-refractivity contribution in [1.82, 2.24) is 0 Å². The lowest BCUT2D eigenvalue weighted by molar-refractivity contribution is -0.118. The Morgan fingerprint density at radius 1 is 1.04 bits per heavy atom. The van der Waals surface area contributed by atoms with E-state index in [2.05, 4.69) is 5.32 Å². The number of hydrogen-bond donors (Lipinski definition) is 1. The summed E-state index contributed by atoms with van der Waals surface area (Å²) in [7, 11) is 1.60. The standard InChI is InChI=1S/C20H18ClNO3/c1-14(23)19(20(24)22-17-10-8-16(21)9-11-17)5-3-4-15-6-12-18(25-2)13-7-15/h3-13H,1-2H3,(H,22,24)/b4-3+,19-5+. The van der Waals surface area contributed by atoms with Gasteiger partial charge in [-0.1, -0.05) is 35.9 Å². The van der Waals surface area contributed by atoms with Crippen LogP contribution in [0.4, 0.5) is 5.69 Å². The molecule has 0 aliphatic heterocycles. The van der Waals surface area contributed by atoms with E-state index >= 15 is 0 Å². The molecule has 128 valence electrons. The van der Waals surface area contributed by atoms with Crippen LogP contribution in [-0.2, 0) is 9.59 Å². The van der Waals surface area contributed by atoms with Crippen molar-refractivity contribution in [2.24, 2.45) is 0 Å². The Hall–Kier alpha value is -2.85. The van der Waals surface area contributed by atoms with E-state index in [9.17, 15) is 9.59 Å². The fraction of sp³-hybridized carbons (Fsp3) is 0.100. The van der Waals surface area contributed by atoms with Crippen LogP contribution in [0.2, 0.25) is 5.02 Å². The lowest BCUT2D eigenvalue weighted by atomic mass is 10.1. The molecule has 0 aliphatic rings. The summed E-state index contributed by atoms with van der Waals surface area (Å²) < 4.78 is 5.10. The van der Waals surface area contributed by atoms with E-state index in [4.69, 9.17) is 16.3 Å². The molecule has 2 aromatic rings. The van der Waals surface area contributed by atoms with Gasteiger partial charge in [-0.2, -0.15) is 0 Å². The Bertz CT molecular complexity index is 806. The molecule has 0 radical (unpaired) electrons. The molecule has 5 heteroatoms. The van der Waals surface area contributed by atoms with E-state index in [1.807, 2.05) is 24.3 Å². The molecule has 0 fully saturated rings. The molecule has 2 rings (SSSR count). The minimum absolute atomic E-state index is 0.0692. The quantitative estimate of drug-likeness (QED) is 0.359. The van der Waals surface area contributed by atoms with Crippen LogP contribution in [0.1, 0.15) is 12.5 Å². The molecule has 0 heterocycles. The molecule has 0 bridgehead atoms. The number of benzene rings is 2. The van der Waals surface area contributed by atoms with Crippen LogP contribution in [0.25, 0.3) is 6.08 Å². The van der Waals surface area contributed by atoms with E-state index in [0.29, 0.717) is 10.7 Å². The van der Waals surface area contributed by atoms with Crippen LogP contribution in [0.5, 0.6) is 5.75 Å². The van der Waals surface area contributed by atoms with Gasteiger partial charge in [-0.05, 0) is 55.0 Å². The zero-order chi connectivity index (χ0) is 18.2. The average Bonchev–Trinajstić information content (AvgIpc) is 2.60. The molecule has 0 saturated heterocycles. The summed E-state index contributed by atoms with van der Waals surface area (Å²) >= 11 is 5.81. The second kappa shape index (κ2) is 8.85. The second-order valence-corrected chi connectivity index (χ2v) is 5.67. The summed E-state index contributed by atoms with van der Waals surface area (Å²) in [5, 5.41) is 3.25. The van der Waals surface area contributed by atoms with Gasteiger partial charge in [-0.3, -0.25) is 9.59 Å². The highest BCUT2D eigenvalue weighted by atomic mass is 35.5. The molecular weight excluding hydrogens is 338 g/mol. The fourth-order valence-corrected chi connectivity index (χ4v) is 2.18. The van der Waals surface area contributed by atoms with Crippen molar-refractivity contribution in [3.63, 3.8) is 0 Å². The molecule has 25 heavy (non-hydrogen) atoms. The van der Waals surface area contributed by atoms with E-state index < -0.39 is 5.91 Å². The SMILES string of the molecule is COc1ccc(/C=C/C=C(\C(C)=O)C(=O)Nc2ccc(Cl)cc2)cc1. The van der Waals surface area contributed by atoms with Gasteiger partial charge < -0.3 is 10.1 Å². The van der Waals surface area contributed by atoms with Gasteiger partial charge in [0, 0.05) is 10.7 Å². The third-order valence-corrected chi connectivity index (χ3v) is 3.65. The largest absolute Gasteiger partial charge is 0.497 e. The lowest BCUT2D eigenvalue weighted by Gasteiger charge is -2.06. The number of ketones is 1. The molecule has 0 spiro atoms. The first-order valence-electron chi connectivity index (χ1n) is 7.60. The molecule has 0 unspecified atom stereocenters. The van der Waals surface area contributed by atoms with Gasteiger partial charge in [0.1, 0.15) is 5.75 Å². The number of carbonyl (C=O) groups excluding carboxylic acids is 2. The van der Waals surface area contributed by atoms with Crippen molar-refractivity contribution in [3.8, 4) is 5.75 Å². The minimum atomic E-state index is -0.464. The van der Waals surface area contributed by atoms with Crippen molar-refractivity contribution in [3.05, 3.63) is 76.8 Å². The van der Waals surface area contributed by atoms with Gasteiger partial charge in [-0.15, -0.1) is 0 Å². The second-order valence-electron chi connectivity index (χ2n) is 5.23. The number of rotatable bonds is 6. The Morgan fingerprint density at radius 2 is 1.68 bits per heavy atom. The number of allylic oxidation sites excluding steroid dienone is 2. The van der Waals surface area contributed by atoms with Gasteiger partial charge in [0.15, 0.2) is 5.78 Å². The third-order valence-electron chi connectivity index (χ3n) is 3.39. The van der Waals surface area contributed by atoms with Gasteiger partial charge in [0.2, 0.25) is 0 Å². The Labute approximate surface area is 151 Å². The lowest BCUT2D eigenvalue weighted by Crippen LogP contribution is -2.18. The summed E-state index contributed by atoms with van der Waals surface area (Å²) in [5.41, 5.74) is 1.57. The van der Waals surface area contributed by atoms with Crippen molar-refractivity contribution < 1.29 is 14.3 Å². The Balaban J connectivity index is 2.11. The number of carbonyl (C=O) groups is 2. The first-order chi connectivity index (χ1) is 12.0. The maximum Gasteiger partial charge on any atom is 0.259 e. The van der Waals surface area contributed by atoms with E-state index in [0.717, 1.165) is 11.3 Å². The fourth-order valence-electron chi connectivity index (χ4n) is 2.06. The summed E-state index contributed by atoms with van der Waals surface area (Å²) in [4.78, 5) is 24.0. The number of methoxy groups -OCH3 is 1. The predicted molar refractivity (Wildman–Crippen MR) is 101 cm³/mol. The first-order valence-corrected chi connectivity index (χ1v) is 7.97. The van der Waals surface area contributed by atoms with E-state index in [1.54, 1.807) is 43.5 Å². The number of Topliss-reactive ketones (excluding diaryl/α,β-unsaturated/α-hetero) is 1. The highest BCUT2D eigenvalue weighted by Gasteiger charge is 2.13. The summed E-state index contributed by atoms with van der Waals surface area (Å²) in [6.07, 6.45) is 4.97. The Morgan fingerprint density at radius 3 is 2.24 bits per heavy atom. The molecular formula is C20H18ClNO3. The van der Waals surface area contributed by atoms with Crippen molar-refractivity contribution >= 4 is 35.1 Å². The van der Waals surface area contributed by atoms with E-state index in [-0.39, 0.29) is 11.4 Å². The van der Waals surface area contributed by atoms with Gasteiger partial charge in [0.05, 0.1) is 12.7 Å². The van der Waals surface area contributed by atoms with Crippen molar-refractivity contribution in [1.29, 1.82) is 0 Å². The van der Waals surface area contributed by atoms with Gasteiger partial charge >= 0.3 is 0 Å². The van der Waals surface area contributed by atoms with Crippen LogP contribution < -0.4 is 10.1 Å². The topological polar surface area (TPSA) is 55.4 Å². The molecule has 1 amide bonds. The molecule has 4 nitrogen and oxygen atoms in total. The summed E-state index contributed by atoms with van der Waals surface area (Å²) in [6.45, 7) is 1.36. The maximum absolute atomic E-state index is 12.3. The minimum Gasteiger partial charge on any atom is -0.497 e. The molecule has 0 aliphatic carbocycles.